The molecule has 1 atom stereocenters. The summed E-state index contributed by atoms with van der Waals surface area (Å²) >= 11 is 0. The van der Waals surface area contributed by atoms with Gasteiger partial charge < -0.3 is 5.11 Å². The van der Waals surface area contributed by atoms with Crippen LogP contribution in [0.1, 0.15) is 43.0 Å². The molecule has 0 fully saturated rings. The fourth-order valence-corrected chi connectivity index (χ4v) is 2.19. The molecular formula is C14H16F3N3O2. The molecule has 22 heavy (non-hydrogen) atoms. The molecule has 8 heteroatoms. The van der Waals surface area contributed by atoms with Crippen molar-refractivity contribution in [3.05, 3.63) is 30.1 Å². The average molecular weight is 315 g/mol. The Morgan fingerprint density at radius 1 is 1.41 bits per heavy atom. The van der Waals surface area contributed by atoms with Crippen molar-refractivity contribution in [2.24, 2.45) is 5.10 Å². The number of alkyl halides is 3. The third-order valence-electron chi connectivity index (χ3n) is 3.43. The highest BCUT2D eigenvalue weighted by atomic mass is 19.4. The quantitative estimate of drug-likeness (QED) is 0.929. The van der Waals surface area contributed by atoms with Crippen molar-refractivity contribution >= 4 is 11.6 Å². The second kappa shape index (κ2) is 6.04. The molecular weight excluding hydrogens is 299 g/mol. The summed E-state index contributed by atoms with van der Waals surface area (Å²) in [6, 6.07) is 2.55. The third-order valence-corrected chi connectivity index (χ3v) is 3.43. The maximum Gasteiger partial charge on any atom is 0.438 e. The molecule has 1 N–H and O–H groups in total. The summed E-state index contributed by atoms with van der Waals surface area (Å²) in [7, 11) is 0. The predicted molar refractivity (Wildman–Crippen MR) is 73.0 cm³/mol. The van der Waals surface area contributed by atoms with Gasteiger partial charge in [0.2, 0.25) is 0 Å². The predicted octanol–water partition coefficient (Wildman–Crippen LogP) is 2.72. The lowest BCUT2D eigenvalue weighted by Crippen LogP contribution is -2.56. The topological polar surface area (TPSA) is 65.8 Å². The number of carbonyl (C=O) groups excluding carboxylic acids is 1. The molecule has 0 bridgehead atoms. The molecule has 0 spiro atoms. The van der Waals surface area contributed by atoms with Gasteiger partial charge in [-0.2, -0.15) is 23.3 Å². The summed E-state index contributed by atoms with van der Waals surface area (Å²) in [5.74, 6) is -1.01. The van der Waals surface area contributed by atoms with Crippen molar-refractivity contribution < 1.29 is 23.1 Å². The van der Waals surface area contributed by atoms with Crippen LogP contribution in [0.5, 0.6) is 0 Å². The molecule has 1 aromatic rings. The van der Waals surface area contributed by atoms with Gasteiger partial charge in [0.1, 0.15) is 0 Å². The number of rotatable bonds is 4. The molecule has 1 aliphatic heterocycles. The van der Waals surface area contributed by atoms with Crippen LogP contribution in [-0.4, -0.2) is 38.6 Å². The second-order valence-corrected chi connectivity index (χ2v) is 5.11. The first-order chi connectivity index (χ1) is 10.3. The molecule has 0 aliphatic carbocycles. The summed E-state index contributed by atoms with van der Waals surface area (Å²) in [6.45, 7) is 1.89. The summed E-state index contributed by atoms with van der Waals surface area (Å²) in [4.78, 5) is 16.0. The fraction of sp³-hybridized carbons (Fsp3) is 0.500. The molecule has 5 nitrogen and oxygen atoms in total. The fourth-order valence-electron chi connectivity index (χ4n) is 2.19. The van der Waals surface area contributed by atoms with Gasteiger partial charge in [-0.3, -0.25) is 9.78 Å². The van der Waals surface area contributed by atoms with Gasteiger partial charge in [0.15, 0.2) is 0 Å². The minimum Gasteiger partial charge on any atom is -0.362 e. The van der Waals surface area contributed by atoms with E-state index in [-0.39, 0.29) is 16.3 Å². The van der Waals surface area contributed by atoms with E-state index in [2.05, 4.69) is 10.1 Å². The summed E-state index contributed by atoms with van der Waals surface area (Å²) in [5.41, 5.74) is -3.14. The number of halogens is 3. The Labute approximate surface area is 125 Å². The van der Waals surface area contributed by atoms with Crippen molar-refractivity contribution in [2.45, 2.75) is 44.5 Å². The van der Waals surface area contributed by atoms with Crippen molar-refractivity contribution in [3.8, 4) is 0 Å². The Balaban J connectivity index is 2.34. The van der Waals surface area contributed by atoms with E-state index >= 15 is 0 Å². The smallest absolute Gasteiger partial charge is 0.362 e. The number of hydrazone groups is 1. The van der Waals surface area contributed by atoms with E-state index in [0.29, 0.717) is 12.8 Å². The van der Waals surface area contributed by atoms with Gasteiger partial charge in [-0.15, -0.1) is 0 Å². The number of amides is 1. The second-order valence-electron chi connectivity index (χ2n) is 5.11. The molecule has 0 radical (unpaired) electrons. The van der Waals surface area contributed by atoms with Crippen LogP contribution in [0.15, 0.2) is 29.6 Å². The van der Waals surface area contributed by atoms with Gasteiger partial charge in [-0.05, 0) is 25.0 Å². The standard InChI is InChI=1S/C14H16F3N3O2/c1-2-3-4-11-9-13(22,14(15,16)17)20(19-11)12(21)10-5-7-18-8-6-10/h5-8,22H,2-4,9H2,1H3/t13-/m0/s1. The number of aromatic nitrogens is 1. The number of pyridine rings is 1. The van der Waals surface area contributed by atoms with Crippen molar-refractivity contribution in [3.63, 3.8) is 0 Å². The zero-order valence-electron chi connectivity index (χ0n) is 12.0. The summed E-state index contributed by atoms with van der Waals surface area (Å²) in [5, 5.41) is 13.9. The molecule has 2 heterocycles. The van der Waals surface area contributed by atoms with Crippen LogP contribution < -0.4 is 0 Å². The van der Waals surface area contributed by atoms with Crippen LogP contribution in [0.4, 0.5) is 13.2 Å². The lowest BCUT2D eigenvalue weighted by Gasteiger charge is -2.32. The van der Waals surface area contributed by atoms with E-state index in [9.17, 15) is 23.1 Å². The first-order valence-corrected chi connectivity index (χ1v) is 6.89. The summed E-state index contributed by atoms with van der Waals surface area (Å²) in [6.07, 6.45) is -1.39. The average Bonchev–Trinajstić information content (AvgIpc) is 2.83. The van der Waals surface area contributed by atoms with Crippen molar-refractivity contribution in [1.82, 2.24) is 9.99 Å². The Morgan fingerprint density at radius 3 is 2.59 bits per heavy atom. The van der Waals surface area contributed by atoms with E-state index in [4.69, 9.17) is 0 Å². The Kier molecular flexibility index (Phi) is 4.50. The SMILES string of the molecule is CCCCC1=NN(C(=O)c2ccncc2)[C@@](O)(C(F)(F)F)C1. The van der Waals surface area contributed by atoms with Crippen LogP contribution in [0, 0.1) is 0 Å². The zero-order valence-corrected chi connectivity index (χ0v) is 12.0. The van der Waals surface area contributed by atoms with Crippen molar-refractivity contribution in [1.29, 1.82) is 0 Å². The largest absolute Gasteiger partial charge is 0.438 e. The number of hydrogen-bond donors (Lipinski definition) is 1. The first kappa shape index (κ1) is 16.4. The van der Waals surface area contributed by atoms with Gasteiger partial charge >= 0.3 is 6.18 Å². The molecule has 0 saturated heterocycles. The number of unbranched alkanes of at least 4 members (excludes halogenated alkanes) is 1. The minimum absolute atomic E-state index is 0.0156. The molecule has 0 unspecified atom stereocenters. The van der Waals surface area contributed by atoms with Crippen LogP contribution in [0.2, 0.25) is 0 Å². The molecule has 2 rings (SSSR count). The maximum absolute atomic E-state index is 13.2. The Hall–Kier alpha value is -1.96. The van der Waals surface area contributed by atoms with Gasteiger partial charge in [-0.1, -0.05) is 13.3 Å². The monoisotopic (exact) mass is 315 g/mol. The van der Waals surface area contributed by atoms with E-state index in [1.54, 1.807) is 0 Å². The van der Waals surface area contributed by atoms with E-state index in [0.717, 1.165) is 6.42 Å². The van der Waals surface area contributed by atoms with E-state index in [1.165, 1.54) is 24.5 Å². The molecule has 0 saturated carbocycles. The zero-order chi connectivity index (χ0) is 16.4. The highest BCUT2D eigenvalue weighted by molar-refractivity contribution is 5.98. The molecule has 1 amide bonds. The molecule has 0 aromatic carbocycles. The van der Waals surface area contributed by atoms with Crippen LogP contribution >= 0.6 is 0 Å². The highest BCUT2D eigenvalue weighted by Gasteiger charge is 2.63. The normalized spacial score (nSPS) is 21.9. The minimum atomic E-state index is -4.99. The van der Waals surface area contributed by atoms with Gasteiger partial charge in [0.25, 0.3) is 11.6 Å². The van der Waals surface area contributed by atoms with Crippen LogP contribution in [0.25, 0.3) is 0 Å². The number of hydrogen-bond acceptors (Lipinski definition) is 4. The third kappa shape index (κ3) is 2.96. The van der Waals surface area contributed by atoms with E-state index in [1.807, 2.05) is 6.92 Å². The van der Waals surface area contributed by atoms with Gasteiger partial charge in [0, 0.05) is 30.1 Å². The lowest BCUT2D eigenvalue weighted by molar-refractivity contribution is -0.297. The first-order valence-electron chi connectivity index (χ1n) is 6.89. The highest BCUT2D eigenvalue weighted by Crippen LogP contribution is 2.41. The van der Waals surface area contributed by atoms with E-state index < -0.39 is 24.2 Å². The number of carbonyl (C=O) groups is 1. The van der Waals surface area contributed by atoms with Crippen LogP contribution in [0.3, 0.4) is 0 Å². The van der Waals surface area contributed by atoms with Gasteiger partial charge in [-0.25, -0.2) is 0 Å². The number of nitrogens with zero attached hydrogens (tertiary/aromatic N) is 3. The van der Waals surface area contributed by atoms with Crippen LogP contribution in [-0.2, 0) is 0 Å². The molecule has 1 aliphatic rings. The Bertz CT molecular complexity index is 574. The molecule has 1 aromatic heterocycles. The lowest BCUT2D eigenvalue weighted by atomic mass is 10.0. The number of aliphatic hydroxyl groups is 1. The summed E-state index contributed by atoms with van der Waals surface area (Å²) < 4.78 is 39.7. The maximum atomic E-state index is 13.2. The van der Waals surface area contributed by atoms with Gasteiger partial charge in [0.05, 0.1) is 0 Å². The molecule has 120 valence electrons. The Morgan fingerprint density at radius 2 is 2.05 bits per heavy atom. The van der Waals surface area contributed by atoms with Crippen molar-refractivity contribution in [2.75, 3.05) is 0 Å².